The third-order valence-electron chi connectivity index (χ3n) is 4.11. The Morgan fingerprint density at radius 3 is 2.84 bits per heavy atom. The summed E-state index contributed by atoms with van der Waals surface area (Å²) < 4.78 is 2.13. The van der Waals surface area contributed by atoms with E-state index in [0.29, 0.717) is 24.5 Å². The van der Waals surface area contributed by atoms with Crippen molar-refractivity contribution in [3.63, 3.8) is 0 Å². The molecule has 0 aliphatic carbocycles. The van der Waals surface area contributed by atoms with E-state index < -0.39 is 0 Å². The van der Waals surface area contributed by atoms with Crippen LogP contribution in [0.3, 0.4) is 0 Å². The lowest BCUT2D eigenvalue weighted by molar-refractivity contribution is -0.116. The van der Waals surface area contributed by atoms with Gasteiger partial charge in [-0.25, -0.2) is 4.98 Å². The molecule has 1 aromatic heterocycles. The third-order valence-corrected chi connectivity index (χ3v) is 4.47. The van der Waals surface area contributed by atoms with Crippen LogP contribution in [-0.4, -0.2) is 29.1 Å². The van der Waals surface area contributed by atoms with Crippen molar-refractivity contribution in [1.29, 1.82) is 0 Å². The molecule has 130 valence electrons. The van der Waals surface area contributed by atoms with E-state index in [1.165, 1.54) is 0 Å². The van der Waals surface area contributed by atoms with E-state index in [2.05, 4.69) is 20.2 Å². The van der Waals surface area contributed by atoms with Gasteiger partial charge in [-0.2, -0.15) is 0 Å². The molecule has 0 saturated carbocycles. The van der Waals surface area contributed by atoms with Gasteiger partial charge in [0.05, 0.1) is 17.6 Å². The number of aromatic nitrogens is 2. The van der Waals surface area contributed by atoms with Crippen molar-refractivity contribution >= 4 is 34.2 Å². The van der Waals surface area contributed by atoms with Gasteiger partial charge in [-0.3, -0.25) is 4.79 Å². The number of hydrogen-bond donors (Lipinski definition) is 2. The predicted octanol–water partition coefficient (Wildman–Crippen LogP) is 3.59. The third kappa shape index (κ3) is 4.00. The van der Waals surface area contributed by atoms with Gasteiger partial charge in [-0.05, 0) is 49.9 Å². The standard InChI is InChI=1S/C19H21ClN4O/c1-13-22-17-5-3-4-6-18(17)24(13)12-14-11-15(7-8-16(14)20)23-19(25)9-10-21-2/h3-8,11,21H,9-10,12H2,1-2H3,(H,23,25). The summed E-state index contributed by atoms with van der Waals surface area (Å²) in [4.78, 5) is 16.5. The van der Waals surface area contributed by atoms with Gasteiger partial charge in [0.15, 0.2) is 0 Å². The number of rotatable bonds is 6. The predicted molar refractivity (Wildman–Crippen MR) is 102 cm³/mol. The maximum Gasteiger partial charge on any atom is 0.225 e. The molecule has 0 unspecified atom stereocenters. The highest BCUT2D eigenvalue weighted by molar-refractivity contribution is 6.31. The molecule has 2 N–H and O–H groups in total. The second kappa shape index (κ2) is 7.68. The van der Waals surface area contributed by atoms with Gasteiger partial charge in [-0.15, -0.1) is 0 Å². The van der Waals surface area contributed by atoms with E-state index in [1.54, 1.807) is 0 Å². The van der Waals surface area contributed by atoms with Crippen LogP contribution >= 0.6 is 11.6 Å². The first-order chi connectivity index (χ1) is 12.1. The van der Waals surface area contributed by atoms with E-state index in [0.717, 1.165) is 28.1 Å². The molecule has 1 heterocycles. The number of hydrogen-bond acceptors (Lipinski definition) is 3. The maximum absolute atomic E-state index is 11.9. The number of halogens is 1. The Bertz CT molecular complexity index is 904. The van der Waals surface area contributed by atoms with Crippen LogP contribution in [0.25, 0.3) is 11.0 Å². The number of nitrogens with one attached hydrogen (secondary N) is 2. The summed E-state index contributed by atoms with van der Waals surface area (Å²) >= 11 is 6.38. The molecule has 0 radical (unpaired) electrons. The van der Waals surface area contributed by atoms with Crippen molar-refractivity contribution in [2.45, 2.75) is 19.9 Å². The monoisotopic (exact) mass is 356 g/mol. The van der Waals surface area contributed by atoms with Crippen molar-refractivity contribution in [2.24, 2.45) is 0 Å². The molecule has 0 bridgehead atoms. The summed E-state index contributed by atoms with van der Waals surface area (Å²) in [5.41, 5.74) is 3.73. The van der Waals surface area contributed by atoms with Crippen LogP contribution in [0, 0.1) is 6.92 Å². The van der Waals surface area contributed by atoms with Gasteiger partial charge in [-0.1, -0.05) is 23.7 Å². The minimum absolute atomic E-state index is 0.0214. The number of amides is 1. The van der Waals surface area contributed by atoms with Crippen molar-refractivity contribution < 1.29 is 4.79 Å². The first kappa shape index (κ1) is 17.5. The summed E-state index contributed by atoms with van der Waals surface area (Å²) in [5.74, 6) is 0.910. The molecule has 25 heavy (non-hydrogen) atoms. The zero-order valence-corrected chi connectivity index (χ0v) is 15.1. The average molecular weight is 357 g/mol. The number of fused-ring (bicyclic) bond motifs is 1. The Morgan fingerprint density at radius 1 is 1.24 bits per heavy atom. The van der Waals surface area contributed by atoms with Gasteiger partial charge >= 0.3 is 0 Å². The van der Waals surface area contributed by atoms with Crippen molar-refractivity contribution in [2.75, 3.05) is 18.9 Å². The summed E-state index contributed by atoms with van der Waals surface area (Å²) in [6, 6.07) is 13.6. The topological polar surface area (TPSA) is 59.0 Å². The van der Waals surface area contributed by atoms with Crippen molar-refractivity contribution in [1.82, 2.24) is 14.9 Å². The van der Waals surface area contributed by atoms with Crippen LogP contribution in [0.1, 0.15) is 17.8 Å². The number of nitrogens with zero attached hydrogens (tertiary/aromatic N) is 2. The molecule has 1 amide bonds. The molecule has 0 aliphatic heterocycles. The molecule has 0 saturated heterocycles. The van der Waals surface area contributed by atoms with E-state index in [1.807, 2.05) is 56.4 Å². The average Bonchev–Trinajstić information content (AvgIpc) is 2.91. The Morgan fingerprint density at radius 2 is 2.04 bits per heavy atom. The molecule has 6 heteroatoms. The maximum atomic E-state index is 11.9. The molecule has 5 nitrogen and oxygen atoms in total. The van der Waals surface area contributed by atoms with Crippen LogP contribution in [0.15, 0.2) is 42.5 Å². The van der Waals surface area contributed by atoms with Crippen LogP contribution in [0.4, 0.5) is 5.69 Å². The Hall–Kier alpha value is -2.37. The van der Waals surface area contributed by atoms with Gasteiger partial charge in [0.1, 0.15) is 5.82 Å². The lowest BCUT2D eigenvalue weighted by atomic mass is 10.2. The first-order valence-corrected chi connectivity index (χ1v) is 8.61. The molecule has 3 aromatic rings. The number of imidazole rings is 1. The minimum Gasteiger partial charge on any atom is -0.326 e. The summed E-state index contributed by atoms with van der Waals surface area (Å²) in [6.07, 6.45) is 0.430. The fourth-order valence-corrected chi connectivity index (χ4v) is 2.98. The van der Waals surface area contributed by atoms with Crippen LogP contribution in [0.2, 0.25) is 5.02 Å². The lowest BCUT2D eigenvalue weighted by Gasteiger charge is -2.12. The minimum atomic E-state index is -0.0214. The normalized spacial score (nSPS) is 11.0. The van der Waals surface area contributed by atoms with Crippen LogP contribution in [0.5, 0.6) is 0 Å². The smallest absolute Gasteiger partial charge is 0.225 e. The van der Waals surface area contributed by atoms with E-state index in [-0.39, 0.29) is 5.91 Å². The van der Waals surface area contributed by atoms with E-state index >= 15 is 0 Å². The second-order valence-electron chi connectivity index (χ2n) is 5.94. The van der Waals surface area contributed by atoms with Gasteiger partial charge in [0.25, 0.3) is 0 Å². The fourth-order valence-electron chi connectivity index (χ4n) is 2.80. The zero-order chi connectivity index (χ0) is 17.8. The Balaban J connectivity index is 1.85. The highest BCUT2D eigenvalue weighted by Gasteiger charge is 2.11. The molecular weight excluding hydrogens is 336 g/mol. The lowest BCUT2D eigenvalue weighted by Crippen LogP contribution is -2.18. The Kier molecular flexibility index (Phi) is 5.36. The molecule has 2 aromatic carbocycles. The van der Waals surface area contributed by atoms with Crippen LogP contribution < -0.4 is 10.6 Å². The largest absolute Gasteiger partial charge is 0.326 e. The molecule has 0 spiro atoms. The number of aryl methyl sites for hydroxylation is 1. The molecule has 0 atom stereocenters. The SMILES string of the molecule is CNCCC(=O)Nc1ccc(Cl)c(Cn2c(C)nc3ccccc32)c1. The molecular formula is C19H21ClN4O. The number of anilines is 1. The number of carbonyl (C=O) groups excluding carboxylic acids is 1. The first-order valence-electron chi connectivity index (χ1n) is 8.23. The van der Waals surface area contributed by atoms with E-state index in [4.69, 9.17) is 11.6 Å². The van der Waals surface area contributed by atoms with Gasteiger partial charge < -0.3 is 15.2 Å². The Labute approximate surface area is 152 Å². The summed E-state index contributed by atoms with van der Waals surface area (Å²) in [7, 11) is 1.82. The highest BCUT2D eigenvalue weighted by atomic mass is 35.5. The van der Waals surface area contributed by atoms with Crippen molar-refractivity contribution in [3.8, 4) is 0 Å². The quantitative estimate of drug-likeness (QED) is 0.709. The number of carbonyl (C=O) groups is 1. The van der Waals surface area contributed by atoms with Gasteiger partial charge in [0, 0.05) is 23.7 Å². The summed E-state index contributed by atoms with van der Waals surface area (Å²) in [6.45, 7) is 3.23. The molecule has 3 rings (SSSR count). The number of para-hydroxylation sites is 2. The fraction of sp³-hybridized carbons (Fsp3) is 0.263. The van der Waals surface area contributed by atoms with Gasteiger partial charge in [0.2, 0.25) is 5.91 Å². The van der Waals surface area contributed by atoms with Crippen molar-refractivity contribution in [3.05, 3.63) is 58.9 Å². The van der Waals surface area contributed by atoms with Crippen LogP contribution in [-0.2, 0) is 11.3 Å². The highest BCUT2D eigenvalue weighted by Crippen LogP contribution is 2.24. The second-order valence-corrected chi connectivity index (χ2v) is 6.35. The zero-order valence-electron chi connectivity index (χ0n) is 14.3. The number of benzene rings is 2. The van der Waals surface area contributed by atoms with E-state index in [9.17, 15) is 4.79 Å². The molecule has 0 fully saturated rings. The molecule has 0 aliphatic rings. The summed E-state index contributed by atoms with van der Waals surface area (Å²) in [5, 5.41) is 6.55.